The minimum absolute atomic E-state index is 0.0939. The van der Waals surface area contributed by atoms with Crippen molar-refractivity contribution < 1.29 is 4.79 Å². The van der Waals surface area contributed by atoms with Gasteiger partial charge in [-0.25, -0.2) is 0 Å². The van der Waals surface area contributed by atoms with Crippen molar-refractivity contribution >= 4 is 5.78 Å². The summed E-state index contributed by atoms with van der Waals surface area (Å²) in [6.45, 7) is 6.47. The fourth-order valence-electron chi connectivity index (χ4n) is 1.68. The SMILES string of the molecule is CC(=O)c1ccn(Cc2ccn(C(C)C)n2)c1. The normalized spacial score (nSPS) is 11.1. The van der Waals surface area contributed by atoms with Gasteiger partial charge in [-0.15, -0.1) is 0 Å². The van der Waals surface area contributed by atoms with E-state index < -0.39 is 0 Å². The Morgan fingerprint density at radius 3 is 2.65 bits per heavy atom. The molecule has 2 rings (SSSR count). The average molecular weight is 231 g/mol. The summed E-state index contributed by atoms with van der Waals surface area (Å²) in [6, 6.07) is 4.22. The Hall–Kier alpha value is -1.84. The van der Waals surface area contributed by atoms with Gasteiger partial charge >= 0.3 is 0 Å². The molecule has 0 bridgehead atoms. The Morgan fingerprint density at radius 1 is 1.35 bits per heavy atom. The number of rotatable bonds is 4. The van der Waals surface area contributed by atoms with Crippen LogP contribution < -0.4 is 0 Å². The molecule has 2 heterocycles. The van der Waals surface area contributed by atoms with Crippen LogP contribution in [-0.4, -0.2) is 20.1 Å². The summed E-state index contributed by atoms with van der Waals surface area (Å²) in [5, 5.41) is 4.47. The highest BCUT2D eigenvalue weighted by Gasteiger charge is 2.05. The third-order valence-electron chi connectivity index (χ3n) is 2.69. The summed E-state index contributed by atoms with van der Waals surface area (Å²) >= 11 is 0. The summed E-state index contributed by atoms with van der Waals surface area (Å²) in [5.41, 5.74) is 1.75. The number of carbonyl (C=O) groups excluding carboxylic acids is 1. The van der Waals surface area contributed by atoms with Crippen LogP contribution in [0.4, 0.5) is 0 Å². The molecule has 4 heteroatoms. The van der Waals surface area contributed by atoms with E-state index in [0.29, 0.717) is 12.6 Å². The van der Waals surface area contributed by atoms with E-state index in [1.165, 1.54) is 0 Å². The highest BCUT2D eigenvalue weighted by Crippen LogP contribution is 2.08. The van der Waals surface area contributed by atoms with E-state index in [2.05, 4.69) is 18.9 Å². The molecule has 0 aliphatic carbocycles. The summed E-state index contributed by atoms with van der Waals surface area (Å²) in [4.78, 5) is 11.2. The monoisotopic (exact) mass is 231 g/mol. The lowest BCUT2D eigenvalue weighted by atomic mass is 10.2. The van der Waals surface area contributed by atoms with Crippen LogP contribution in [0.5, 0.6) is 0 Å². The molecule has 0 saturated heterocycles. The third-order valence-corrected chi connectivity index (χ3v) is 2.69. The van der Waals surface area contributed by atoms with Gasteiger partial charge in [-0.1, -0.05) is 0 Å². The van der Waals surface area contributed by atoms with Crippen LogP contribution in [0.25, 0.3) is 0 Å². The van der Waals surface area contributed by atoms with Crippen molar-refractivity contribution in [3.8, 4) is 0 Å². The quantitative estimate of drug-likeness (QED) is 0.758. The molecule has 0 spiro atoms. The molecule has 0 aliphatic rings. The van der Waals surface area contributed by atoms with E-state index in [1.54, 1.807) is 6.92 Å². The van der Waals surface area contributed by atoms with Crippen LogP contribution in [-0.2, 0) is 6.54 Å². The molecule has 0 aliphatic heterocycles. The van der Waals surface area contributed by atoms with Gasteiger partial charge in [-0.05, 0) is 32.9 Å². The van der Waals surface area contributed by atoms with Crippen molar-refractivity contribution in [2.45, 2.75) is 33.4 Å². The molecule has 2 aromatic heterocycles. The van der Waals surface area contributed by atoms with Gasteiger partial charge in [0.1, 0.15) is 0 Å². The second-order valence-electron chi connectivity index (χ2n) is 4.51. The van der Waals surface area contributed by atoms with Crippen molar-refractivity contribution in [2.24, 2.45) is 0 Å². The molecule has 0 amide bonds. The number of ketones is 1. The Bertz CT molecular complexity index is 522. The summed E-state index contributed by atoms with van der Waals surface area (Å²) in [5.74, 6) is 0.0939. The van der Waals surface area contributed by atoms with E-state index in [0.717, 1.165) is 11.3 Å². The molecule has 0 aromatic carbocycles. The summed E-state index contributed by atoms with van der Waals surface area (Å²) in [6.07, 6.45) is 5.75. The first-order valence-electron chi connectivity index (χ1n) is 5.77. The van der Waals surface area contributed by atoms with Gasteiger partial charge in [0.05, 0.1) is 12.2 Å². The van der Waals surface area contributed by atoms with E-state index in [-0.39, 0.29) is 5.78 Å². The smallest absolute Gasteiger partial charge is 0.161 e. The van der Waals surface area contributed by atoms with Gasteiger partial charge in [-0.2, -0.15) is 5.10 Å². The lowest BCUT2D eigenvalue weighted by molar-refractivity contribution is 0.101. The Morgan fingerprint density at radius 2 is 2.12 bits per heavy atom. The molecule has 0 N–H and O–H groups in total. The number of hydrogen-bond donors (Lipinski definition) is 0. The van der Waals surface area contributed by atoms with E-state index >= 15 is 0 Å². The lowest BCUT2D eigenvalue weighted by Crippen LogP contribution is -2.03. The molecule has 0 radical (unpaired) electrons. The molecule has 0 saturated carbocycles. The van der Waals surface area contributed by atoms with Crippen molar-refractivity contribution in [1.29, 1.82) is 0 Å². The maximum atomic E-state index is 11.2. The molecule has 0 fully saturated rings. The zero-order valence-electron chi connectivity index (χ0n) is 10.4. The van der Waals surface area contributed by atoms with E-state index in [1.807, 2.05) is 40.0 Å². The predicted molar refractivity (Wildman–Crippen MR) is 66.2 cm³/mol. The summed E-state index contributed by atoms with van der Waals surface area (Å²) < 4.78 is 3.91. The Balaban J connectivity index is 2.11. The first-order valence-corrected chi connectivity index (χ1v) is 5.77. The number of aromatic nitrogens is 3. The molecular formula is C13H17N3O. The van der Waals surface area contributed by atoms with Crippen molar-refractivity contribution in [1.82, 2.24) is 14.3 Å². The molecule has 4 nitrogen and oxygen atoms in total. The average Bonchev–Trinajstić information content (AvgIpc) is 2.87. The highest BCUT2D eigenvalue weighted by atomic mass is 16.1. The number of nitrogens with zero attached hydrogens (tertiary/aromatic N) is 3. The minimum Gasteiger partial charge on any atom is -0.348 e. The first kappa shape index (κ1) is 11.6. The van der Waals surface area contributed by atoms with E-state index in [9.17, 15) is 4.79 Å². The van der Waals surface area contributed by atoms with Crippen LogP contribution >= 0.6 is 0 Å². The van der Waals surface area contributed by atoms with Gasteiger partial charge < -0.3 is 4.57 Å². The molecule has 17 heavy (non-hydrogen) atoms. The number of carbonyl (C=O) groups is 1. The number of Topliss-reactive ketones (excluding diaryl/α,β-unsaturated/α-hetero) is 1. The summed E-state index contributed by atoms with van der Waals surface area (Å²) in [7, 11) is 0. The standard InChI is InChI=1S/C13H17N3O/c1-10(2)16-7-5-13(14-16)9-15-6-4-12(8-15)11(3)17/h4-8,10H,9H2,1-3H3. The fourth-order valence-corrected chi connectivity index (χ4v) is 1.68. The van der Waals surface area contributed by atoms with Crippen molar-refractivity contribution in [3.63, 3.8) is 0 Å². The second-order valence-corrected chi connectivity index (χ2v) is 4.51. The fraction of sp³-hybridized carbons (Fsp3) is 0.385. The largest absolute Gasteiger partial charge is 0.348 e. The molecule has 90 valence electrons. The zero-order valence-corrected chi connectivity index (χ0v) is 10.4. The van der Waals surface area contributed by atoms with Crippen molar-refractivity contribution in [2.75, 3.05) is 0 Å². The third kappa shape index (κ3) is 2.64. The van der Waals surface area contributed by atoms with Crippen LogP contribution in [0, 0.1) is 0 Å². The van der Waals surface area contributed by atoms with Crippen molar-refractivity contribution in [3.05, 3.63) is 42.0 Å². The van der Waals surface area contributed by atoms with Gasteiger partial charge in [0.2, 0.25) is 0 Å². The highest BCUT2D eigenvalue weighted by molar-refractivity contribution is 5.93. The molecule has 0 unspecified atom stereocenters. The Labute approximate surface area is 101 Å². The topological polar surface area (TPSA) is 39.8 Å². The second kappa shape index (κ2) is 4.57. The zero-order chi connectivity index (χ0) is 12.4. The van der Waals surface area contributed by atoms with Crippen LogP contribution in [0.2, 0.25) is 0 Å². The number of hydrogen-bond acceptors (Lipinski definition) is 2. The lowest BCUT2D eigenvalue weighted by Gasteiger charge is -2.04. The van der Waals surface area contributed by atoms with Gasteiger partial charge in [0, 0.05) is 30.2 Å². The van der Waals surface area contributed by atoms with Gasteiger partial charge in [-0.3, -0.25) is 9.48 Å². The van der Waals surface area contributed by atoms with Gasteiger partial charge in [0.15, 0.2) is 5.78 Å². The maximum Gasteiger partial charge on any atom is 0.161 e. The van der Waals surface area contributed by atoms with Crippen LogP contribution in [0.1, 0.15) is 42.9 Å². The Kier molecular flexibility index (Phi) is 3.13. The first-order chi connectivity index (χ1) is 8.06. The van der Waals surface area contributed by atoms with Gasteiger partial charge in [0.25, 0.3) is 0 Å². The molecular weight excluding hydrogens is 214 g/mol. The van der Waals surface area contributed by atoms with E-state index in [4.69, 9.17) is 0 Å². The molecule has 2 aromatic rings. The van der Waals surface area contributed by atoms with Crippen LogP contribution in [0.3, 0.4) is 0 Å². The minimum atomic E-state index is 0.0939. The maximum absolute atomic E-state index is 11.2. The van der Waals surface area contributed by atoms with Crippen LogP contribution in [0.15, 0.2) is 30.7 Å². The molecule has 0 atom stereocenters. The predicted octanol–water partition coefficient (Wildman–Crippen LogP) is 2.52.